The lowest BCUT2D eigenvalue weighted by Crippen LogP contribution is -2.13. The van der Waals surface area contributed by atoms with E-state index in [4.69, 9.17) is 21.1 Å². The van der Waals surface area contributed by atoms with Crippen molar-refractivity contribution < 1.29 is 14.3 Å². The smallest absolute Gasteiger partial charge is 0.255 e. The lowest BCUT2D eigenvalue weighted by Gasteiger charge is -2.15. The van der Waals surface area contributed by atoms with Crippen LogP contribution in [0.5, 0.6) is 11.5 Å². The topological polar surface area (TPSA) is 47.6 Å². The van der Waals surface area contributed by atoms with Gasteiger partial charge in [-0.15, -0.1) is 0 Å². The van der Waals surface area contributed by atoms with Gasteiger partial charge in [0.15, 0.2) is 11.5 Å². The van der Waals surface area contributed by atoms with E-state index in [2.05, 4.69) is 27.9 Å². The maximum Gasteiger partial charge on any atom is 0.255 e. The van der Waals surface area contributed by atoms with Crippen molar-refractivity contribution in [1.82, 2.24) is 0 Å². The zero-order valence-electron chi connectivity index (χ0n) is 16.4. The van der Waals surface area contributed by atoms with Crippen molar-refractivity contribution in [3.05, 3.63) is 85.4 Å². The van der Waals surface area contributed by atoms with Crippen molar-refractivity contribution in [2.75, 3.05) is 12.4 Å². The number of ether oxygens (including phenoxy) is 2. The highest BCUT2D eigenvalue weighted by molar-refractivity contribution is 14.1. The number of benzene rings is 3. The Balaban J connectivity index is 1.80. The fourth-order valence-corrected chi connectivity index (χ4v) is 3.70. The van der Waals surface area contributed by atoms with E-state index in [1.54, 1.807) is 31.4 Å². The van der Waals surface area contributed by atoms with E-state index in [1.807, 2.05) is 44.2 Å². The Labute approximate surface area is 189 Å². The molecule has 29 heavy (non-hydrogen) atoms. The largest absolute Gasteiger partial charge is 0.493 e. The van der Waals surface area contributed by atoms with Crippen LogP contribution in [0.1, 0.15) is 27.0 Å². The minimum Gasteiger partial charge on any atom is -0.493 e. The number of amides is 1. The molecule has 0 bridgehead atoms. The van der Waals surface area contributed by atoms with Crippen molar-refractivity contribution in [3.63, 3.8) is 0 Å². The maximum atomic E-state index is 12.8. The second kappa shape index (κ2) is 9.50. The number of hydrogen-bond donors (Lipinski definition) is 1. The van der Waals surface area contributed by atoms with E-state index < -0.39 is 0 Å². The van der Waals surface area contributed by atoms with Gasteiger partial charge in [-0.25, -0.2) is 0 Å². The first-order chi connectivity index (χ1) is 13.9. The molecule has 0 aliphatic carbocycles. The van der Waals surface area contributed by atoms with Crippen LogP contribution in [-0.4, -0.2) is 13.0 Å². The van der Waals surface area contributed by atoms with Gasteiger partial charge in [0.05, 0.1) is 10.7 Å². The highest BCUT2D eigenvalue weighted by atomic mass is 127. The van der Waals surface area contributed by atoms with Gasteiger partial charge in [-0.1, -0.05) is 47.5 Å². The lowest BCUT2D eigenvalue weighted by molar-refractivity contribution is 0.102. The predicted molar refractivity (Wildman–Crippen MR) is 125 cm³/mol. The van der Waals surface area contributed by atoms with E-state index in [9.17, 15) is 4.79 Å². The van der Waals surface area contributed by atoms with E-state index in [1.165, 1.54) is 5.56 Å². The summed E-state index contributed by atoms with van der Waals surface area (Å²) in [5.74, 6) is 0.887. The van der Waals surface area contributed by atoms with Gasteiger partial charge in [-0.3, -0.25) is 4.79 Å². The average Bonchev–Trinajstić information content (AvgIpc) is 2.71. The van der Waals surface area contributed by atoms with Gasteiger partial charge < -0.3 is 14.8 Å². The SMILES string of the molecule is COc1cc(C(=O)Nc2cccc(Cl)c2C)cc(I)c1OCc1ccc(C)cc1. The number of hydrogen-bond acceptors (Lipinski definition) is 3. The van der Waals surface area contributed by atoms with Crippen LogP contribution < -0.4 is 14.8 Å². The predicted octanol–water partition coefficient (Wildman–Crippen LogP) is 6.40. The Hall–Kier alpha value is -2.25. The van der Waals surface area contributed by atoms with Crippen molar-refractivity contribution >= 4 is 45.8 Å². The fraction of sp³-hybridized carbons (Fsp3) is 0.174. The minimum absolute atomic E-state index is 0.239. The van der Waals surface area contributed by atoms with Crippen molar-refractivity contribution in [2.24, 2.45) is 0 Å². The molecule has 3 rings (SSSR count). The number of carbonyl (C=O) groups excluding carboxylic acids is 1. The molecule has 6 heteroatoms. The second-order valence-corrected chi connectivity index (χ2v) is 8.20. The normalized spacial score (nSPS) is 10.5. The Morgan fingerprint density at radius 1 is 1.10 bits per heavy atom. The highest BCUT2D eigenvalue weighted by Gasteiger charge is 2.17. The summed E-state index contributed by atoms with van der Waals surface area (Å²) in [6.45, 7) is 4.33. The summed E-state index contributed by atoms with van der Waals surface area (Å²) in [7, 11) is 1.56. The average molecular weight is 522 g/mol. The van der Waals surface area contributed by atoms with Crippen LogP contribution >= 0.6 is 34.2 Å². The zero-order chi connectivity index (χ0) is 21.0. The Morgan fingerprint density at radius 3 is 2.52 bits per heavy atom. The van der Waals surface area contributed by atoms with Crippen LogP contribution in [-0.2, 0) is 6.61 Å². The van der Waals surface area contributed by atoms with Crippen LogP contribution in [0.3, 0.4) is 0 Å². The van der Waals surface area contributed by atoms with E-state index in [-0.39, 0.29) is 5.91 Å². The molecule has 0 atom stereocenters. The monoisotopic (exact) mass is 521 g/mol. The highest BCUT2D eigenvalue weighted by Crippen LogP contribution is 2.35. The summed E-state index contributed by atoms with van der Waals surface area (Å²) in [5.41, 5.74) is 4.24. The fourth-order valence-electron chi connectivity index (χ4n) is 2.77. The van der Waals surface area contributed by atoms with Gasteiger partial charge in [-0.05, 0) is 71.8 Å². The van der Waals surface area contributed by atoms with Gasteiger partial charge in [0.1, 0.15) is 6.61 Å². The van der Waals surface area contributed by atoms with Crippen LogP contribution in [0.15, 0.2) is 54.6 Å². The Bertz CT molecular complexity index is 1040. The van der Waals surface area contributed by atoms with Crippen LogP contribution in [0.4, 0.5) is 5.69 Å². The number of halogens is 2. The number of carbonyl (C=O) groups is 1. The Kier molecular flexibility index (Phi) is 7.03. The third-order valence-corrected chi connectivity index (χ3v) is 5.72. The molecule has 150 valence electrons. The molecule has 0 unspecified atom stereocenters. The summed E-state index contributed by atoms with van der Waals surface area (Å²) >= 11 is 8.30. The molecule has 0 heterocycles. The molecule has 3 aromatic rings. The summed E-state index contributed by atoms with van der Waals surface area (Å²) in [4.78, 5) is 12.8. The van der Waals surface area contributed by atoms with Gasteiger partial charge in [0, 0.05) is 16.3 Å². The molecule has 1 amide bonds. The standard InChI is InChI=1S/C23H21ClINO3/c1-14-7-9-16(10-8-14)13-29-22-19(25)11-17(12-21(22)28-3)23(27)26-20-6-4-5-18(24)15(20)2/h4-12H,13H2,1-3H3,(H,26,27). The maximum absolute atomic E-state index is 12.8. The molecule has 0 saturated carbocycles. The second-order valence-electron chi connectivity index (χ2n) is 6.63. The van der Waals surface area contributed by atoms with Gasteiger partial charge in [-0.2, -0.15) is 0 Å². The number of aryl methyl sites for hydroxylation is 1. The molecule has 1 N–H and O–H groups in total. The molecule has 0 aliphatic heterocycles. The van der Waals surface area contributed by atoms with Crippen LogP contribution in [0.2, 0.25) is 5.02 Å². The molecule has 0 aliphatic rings. The first-order valence-electron chi connectivity index (χ1n) is 9.01. The van der Waals surface area contributed by atoms with Crippen LogP contribution in [0.25, 0.3) is 0 Å². The van der Waals surface area contributed by atoms with Crippen molar-refractivity contribution in [2.45, 2.75) is 20.5 Å². The molecule has 4 nitrogen and oxygen atoms in total. The third kappa shape index (κ3) is 5.22. The molecule has 0 saturated heterocycles. The molecular formula is C23H21ClINO3. The number of methoxy groups -OCH3 is 1. The van der Waals surface area contributed by atoms with E-state index in [0.29, 0.717) is 34.4 Å². The quantitative estimate of drug-likeness (QED) is 0.382. The minimum atomic E-state index is -0.239. The van der Waals surface area contributed by atoms with Gasteiger partial charge >= 0.3 is 0 Å². The van der Waals surface area contributed by atoms with E-state index >= 15 is 0 Å². The molecule has 0 radical (unpaired) electrons. The molecule has 0 aromatic heterocycles. The molecular weight excluding hydrogens is 501 g/mol. The first-order valence-corrected chi connectivity index (χ1v) is 10.5. The van der Waals surface area contributed by atoms with Crippen molar-refractivity contribution in [1.29, 1.82) is 0 Å². The number of anilines is 1. The van der Waals surface area contributed by atoms with Crippen molar-refractivity contribution in [3.8, 4) is 11.5 Å². The van der Waals surface area contributed by atoms with Gasteiger partial charge in [0.25, 0.3) is 5.91 Å². The molecule has 0 spiro atoms. The zero-order valence-corrected chi connectivity index (χ0v) is 19.3. The lowest BCUT2D eigenvalue weighted by atomic mass is 10.1. The number of nitrogens with one attached hydrogen (secondary N) is 1. The first kappa shape index (κ1) is 21.5. The number of rotatable bonds is 6. The molecule has 3 aromatic carbocycles. The van der Waals surface area contributed by atoms with E-state index in [0.717, 1.165) is 14.7 Å². The summed E-state index contributed by atoms with van der Waals surface area (Å²) in [5, 5.41) is 3.51. The Morgan fingerprint density at radius 2 is 1.83 bits per heavy atom. The molecule has 0 fully saturated rings. The third-order valence-electron chi connectivity index (χ3n) is 4.51. The summed E-state index contributed by atoms with van der Waals surface area (Å²) < 4.78 is 12.3. The van der Waals surface area contributed by atoms with Crippen LogP contribution in [0, 0.1) is 17.4 Å². The summed E-state index contributed by atoms with van der Waals surface area (Å²) in [6.07, 6.45) is 0. The summed E-state index contributed by atoms with van der Waals surface area (Å²) in [6, 6.07) is 17.0. The van der Waals surface area contributed by atoms with Gasteiger partial charge in [0.2, 0.25) is 0 Å².